The first-order chi connectivity index (χ1) is 12.4. The molecule has 0 spiro atoms. The number of carbonyl (C=O) groups excluding carboxylic acids is 1. The molecule has 0 saturated carbocycles. The third-order valence-corrected chi connectivity index (χ3v) is 5.37. The van der Waals surface area contributed by atoms with Crippen LogP contribution >= 0.6 is 0 Å². The Kier molecular flexibility index (Phi) is 7.12. The van der Waals surface area contributed by atoms with Crippen LogP contribution in [0.3, 0.4) is 0 Å². The van der Waals surface area contributed by atoms with Gasteiger partial charge in [0.25, 0.3) is 0 Å². The summed E-state index contributed by atoms with van der Waals surface area (Å²) >= 11 is 0. The van der Waals surface area contributed by atoms with Crippen LogP contribution in [0.5, 0.6) is 0 Å². The topological polar surface area (TPSA) is 75.3 Å². The number of hydrogen-bond donors (Lipinski definition) is 2. The minimum atomic E-state index is -3.43. The van der Waals surface area contributed by atoms with E-state index < -0.39 is 10.0 Å². The van der Waals surface area contributed by atoms with Crippen LogP contribution in [0.15, 0.2) is 65.1 Å². The van der Waals surface area contributed by atoms with Gasteiger partial charge in [-0.1, -0.05) is 49.4 Å². The van der Waals surface area contributed by atoms with Crippen LogP contribution in [0.25, 0.3) is 6.08 Å². The summed E-state index contributed by atoms with van der Waals surface area (Å²) in [4.78, 5) is 12.4. The molecule has 0 aliphatic carbocycles. The van der Waals surface area contributed by atoms with Gasteiger partial charge in [-0.15, -0.1) is 0 Å². The largest absolute Gasteiger partial charge is 0.352 e. The second kappa shape index (κ2) is 9.31. The first-order valence-corrected chi connectivity index (χ1v) is 10.0. The molecule has 138 valence electrons. The van der Waals surface area contributed by atoms with Gasteiger partial charge in [0.15, 0.2) is 0 Å². The summed E-state index contributed by atoms with van der Waals surface area (Å²) in [5, 5.41) is 2.88. The molecule has 0 aliphatic rings. The lowest BCUT2D eigenvalue weighted by Gasteiger charge is -2.08. The van der Waals surface area contributed by atoms with E-state index in [1.54, 1.807) is 38.1 Å². The molecule has 2 aromatic rings. The van der Waals surface area contributed by atoms with Crippen molar-refractivity contribution in [2.24, 2.45) is 0 Å². The molecule has 0 fully saturated rings. The molecule has 0 aromatic heterocycles. The number of amides is 1. The molecule has 26 heavy (non-hydrogen) atoms. The Morgan fingerprint density at radius 3 is 2.31 bits per heavy atom. The van der Waals surface area contributed by atoms with Crippen LogP contribution < -0.4 is 10.0 Å². The van der Waals surface area contributed by atoms with Crippen LogP contribution in [0.1, 0.15) is 25.0 Å². The van der Waals surface area contributed by atoms with Crippen molar-refractivity contribution in [2.75, 3.05) is 13.1 Å². The van der Waals surface area contributed by atoms with Crippen LogP contribution in [-0.2, 0) is 21.2 Å². The number of hydrogen-bond acceptors (Lipinski definition) is 3. The van der Waals surface area contributed by atoms with Crippen molar-refractivity contribution < 1.29 is 13.2 Å². The molecule has 2 rings (SSSR count). The minimum absolute atomic E-state index is 0.111. The molecule has 0 atom stereocenters. The molecule has 1 amide bonds. The summed E-state index contributed by atoms with van der Waals surface area (Å²) in [6, 6.07) is 16.4. The second-order valence-electron chi connectivity index (χ2n) is 5.89. The summed E-state index contributed by atoms with van der Waals surface area (Å²) in [6.07, 6.45) is 2.47. The summed E-state index contributed by atoms with van der Waals surface area (Å²) < 4.78 is 26.3. The van der Waals surface area contributed by atoms with E-state index in [0.717, 1.165) is 11.1 Å². The smallest absolute Gasteiger partial charge is 0.246 e. The van der Waals surface area contributed by atoms with Gasteiger partial charge in [0.2, 0.25) is 15.9 Å². The zero-order valence-corrected chi connectivity index (χ0v) is 15.8. The Balaban J connectivity index is 1.87. The number of carbonyl (C=O) groups is 1. The van der Waals surface area contributed by atoms with Crippen LogP contribution in [0.2, 0.25) is 0 Å². The second-order valence-corrected chi connectivity index (χ2v) is 7.66. The van der Waals surface area contributed by atoms with Crippen molar-refractivity contribution in [1.29, 1.82) is 0 Å². The van der Waals surface area contributed by atoms with Crippen molar-refractivity contribution >= 4 is 22.0 Å². The van der Waals surface area contributed by atoms with Gasteiger partial charge in [0.1, 0.15) is 0 Å². The summed E-state index contributed by atoms with van der Waals surface area (Å²) in [6.45, 7) is 4.36. The molecular formula is C20H24N2O3S. The first-order valence-electron chi connectivity index (χ1n) is 8.52. The van der Waals surface area contributed by atoms with E-state index in [-0.39, 0.29) is 10.8 Å². The van der Waals surface area contributed by atoms with Gasteiger partial charge < -0.3 is 5.32 Å². The Morgan fingerprint density at radius 2 is 1.69 bits per heavy atom. The minimum Gasteiger partial charge on any atom is -0.352 e. The number of nitrogens with one attached hydrogen (secondary N) is 2. The average Bonchev–Trinajstić information content (AvgIpc) is 2.63. The summed E-state index contributed by atoms with van der Waals surface area (Å²) in [7, 11) is -3.43. The Bertz CT molecular complexity index is 858. The summed E-state index contributed by atoms with van der Waals surface area (Å²) in [5.41, 5.74) is 2.59. The lowest BCUT2D eigenvalue weighted by atomic mass is 10.1. The van der Waals surface area contributed by atoms with E-state index in [2.05, 4.69) is 10.0 Å². The highest BCUT2D eigenvalue weighted by atomic mass is 32.2. The lowest BCUT2D eigenvalue weighted by molar-refractivity contribution is -0.117. The molecule has 2 aromatic carbocycles. The highest BCUT2D eigenvalue weighted by Gasteiger charge is 2.11. The normalized spacial score (nSPS) is 12.0. The predicted octanol–water partition coefficient (Wildman–Crippen LogP) is 2.75. The van der Waals surface area contributed by atoms with Gasteiger partial charge in [0, 0.05) is 18.7 Å². The van der Waals surface area contributed by atoms with E-state index in [1.807, 2.05) is 36.4 Å². The van der Waals surface area contributed by atoms with Crippen molar-refractivity contribution in [3.05, 3.63) is 71.3 Å². The van der Waals surface area contributed by atoms with E-state index >= 15 is 0 Å². The average molecular weight is 372 g/mol. The Labute approximate surface area is 155 Å². The Hall–Kier alpha value is -2.44. The number of rotatable bonds is 8. The SMILES string of the molecule is CCNS(=O)(=O)c1ccc(CCNC(=O)/C(C)=C/c2ccccc2)cc1. The maximum atomic E-state index is 12.1. The van der Waals surface area contributed by atoms with Gasteiger partial charge in [-0.2, -0.15) is 0 Å². The third-order valence-electron chi connectivity index (χ3n) is 3.81. The van der Waals surface area contributed by atoms with Crippen LogP contribution in [-0.4, -0.2) is 27.4 Å². The molecule has 6 heteroatoms. The van der Waals surface area contributed by atoms with Crippen LogP contribution in [0, 0.1) is 0 Å². The zero-order chi connectivity index (χ0) is 19.0. The molecule has 0 heterocycles. The van der Waals surface area contributed by atoms with Gasteiger partial charge in [-0.05, 0) is 42.7 Å². The van der Waals surface area contributed by atoms with Crippen molar-refractivity contribution in [3.8, 4) is 0 Å². The molecular weight excluding hydrogens is 348 g/mol. The van der Waals surface area contributed by atoms with Gasteiger partial charge >= 0.3 is 0 Å². The van der Waals surface area contributed by atoms with E-state index in [1.165, 1.54) is 0 Å². The summed E-state index contributed by atoms with van der Waals surface area (Å²) in [5.74, 6) is -0.111. The highest BCUT2D eigenvalue weighted by Crippen LogP contribution is 2.11. The molecule has 0 bridgehead atoms. The lowest BCUT2D eigenvalue weighted by Crippen LogP contribution is -2.26. The van der Waals surface area contributed by atoms with Crippen LogP contribution in [0.4, 0.5) is 0 Å². The number of sulfonamides is 1. The zero-order valence-electron chi connectivity index (χ0n) is 15.0. The predicted molar refractivity (Wildman–Crippen MR) is 104 cm³/mol. The van der Waals surface area contributed by atoms with E-state index in [4.69, 9.17) is 0 Å². The maximum absolute atomic E-state index is 12.1. The molecule has 0 aliphatic heterocycles. The van der Waals surface area contributed by atoms with Gasteiger partial charge in [-0.25, -0.2) is 13.1 Å². The quantitative estimate of drug-likeness (QED) is 0.700. The van der Waals surface area contributed by atoms with Gasteiger partial charge in [0.05, 0.1) is 4.90 Å². The monoisotopic (exact) mass is 372 g/mol. The van der Waals surface area contributed by atoms with E-state index in [9.17, 15) is 13.2 Å². The fourth-order valence-corrected chi connectivity index (χ4v) is 3.47. The standard InChI is InChI=1S/C20H24N2O3S/c1-3-22-26(24,25)19-11-9-17(10-12-19)13-14-21-20(23)16(2)15-18-7-5-4-6-8-18/h4-12,15,22H,3,13-14H2,1-2H3,(H,21,23)/b16-15+. The Morgan fingerprint density at radius 1 is 1.04 bits per heavy atom. The highest BCUT2D eigenvalue weighted by molar-refractivity contribution is 7.89. The molecule has 5 nitrogen and oxygen atoms in total. The number of benzene rings is 2. The van der Waals surface area contributed by atoms with Crippen molar-refractivity contribution in [1.82, 2.24) is 10.0 Å². The fraction of sp³-hybridized carbons (Fsp3) is 0.250. The molecule has 0 saturated heterocycles. The molecule has 0 radical (unpaired) electrons. The van der Waals surface area contributed by atoms with Gasteiger partial charge in [-0.3, -0.25) is 4.79 Å². The van der Waals surface area contributed by atoms with Crippen molar-refractivity contribution in [2.45, 2.75) is 25.2 Å². The van der Waals surface area contributed by atoms with Crippen molar-refractivity contribution in [3.63, 3.8) is 0 Å². The van der Waals surface area contributed by atoms with E-state index in [0.29, 0.717) is 25.1 Å². The molecule has 2 N–H and O–H groups in total. The third kappa shape index (κ3) is 5.82. The molecule has 0 unspecified atom stereocenters. The fourth-order valence-electron chi connectivity index (χ4n) is 2.43. The first kappa shape index (κ1) is 19.9. The maximum Gasteiger partial charge on any atom is 0.246 e.